The van der Waals surface area contributed by atoms with E-state index in [1.165, 1.54) is 0 Å². The van der Waals surface area contributed by atoms with Gasteiger partial charge in [0.2, 0.25) is 5.78 Å². The lowest BCUT2D eigenvalue weighted by Gasteiger charge is -1.92. The molecule has 0 amide bonds. The van der Waals surface area contributed by atoms with Crippen molar-refractivity contribution in [3.8, 4) is 11.8 Å². The summed E-state index contributed by atoms with van der Waals surface area (Å²) >= 11 is 0. The maximum absolute atomic E-state index is 11.0. The molecule has 78 valence electrons. The van der Waals surface area contributed by atoms with E-state index >= 15 is 0 Å². The van der Waals surface area contributed by atoms with Gasteiger partial charge in [0.05, 0.1) is 6.61 Å². The molecule has 14 heavy (non-hydrogen) atoms. The Kier molecular flexibility index (Phi) is 7.53. The second-order valence-electron chi connectivity index (χ2n) is 2.85. The summed E-state index contributed by atoms with van der Waals surface area (Å²) in [5.74, 6) is 3.60. The van der Waals surface area contributed by atoms with E-state index < -0.39 is 5.97 Å². The lowest BCUT2D eigenvalue weighted by molar-refractivity contribution is -0.136. The number of ketones is 1. The van der Waals surface area contributed by atoms with Crippen LogP contribution in [-0.2, 0) is 14.3 Å². The first kappa shape index (κ1) is 12.7. The molecule has 0 aliphatic heterocycles. The molecule has 0 bridgehead atoms. The van der Waals surface area contributed by atoms with Crippen molar-refractivity contribution < 1.29 is 14.3 Å². The van der Waals surface area contributed by atoms with Crippen molar-refractivity contribution in [1.82, 2.24) is 0 Å². The molecule has 0 saturated carbocycles. The van der Waals surface area contributed by atoms with E-state index in [1.807, 2.05) is 0 Å². The first-order valence-corrected chi connectivity index (χ1v) is 4.92. The molecule has 3 nitrogen and oxygen atoms in total. The van der Waals surface area contributed by atoms with Crippen LogP contribution in [0.1, 0.15) is 39.5 Å². The minimum Gasteiger partial charge on any atom is -0.456 e. The summed E-state index contributed by atoms with van der Waals surface area (Å²) in [6, 6.07) is 0. The van der Waals surface area contributed by atoms with Crippen LogP contribution in [0.2, 0.25) is 0 Å². The fourth-order valence-electron chi connectivity index (χ4n) is 0.886. The minimum atomic E-state index is -0.628. The zero-order valence-corrected chi connectivity index (χ0v) is 8.76. The van der Waals surface area contributed by atoms with E-state index in [-0.39, 0.29) is 12.4 Å². The summed E-state index contributed by atoms with van der Waals surface area (Å²) in [7, 11) is 0. The Bertz CT molecular complexity index is 245. The smallest absolute Gasteiger partial charge is 0.384 e. The van der Waals surface area contributed by atoms with Gasteiger partial charge in [0.25, 0.3) is 0 Å². The molecule has 0 aromatic rings. The van der Waals surface area contributed by atoms with E-state index in [4.69, 9.17) is 0 Å². The SMILES string of the molecule is CCCCCC(=O)C#CC(=O)OCC. The molecular weight excluding hydrogens is 180 g/mol. The summed E-state index contributed by atoms with van der Waals surface area (Å²) in [4.78, 5) is 21.8. The van der Waals surface area contributed by atoms with E-state index in [0.717, 1.165) is 19.3 Å². The predicted molar refractivity (Wildman–Crippen MR) is 53.6 cm³/mol. The number of hydrogen-bond acceptors (Lipinski definition) is 3. The van der Waals surface area contributed by atoms with Gasteiger partial charge in [0.15, 0.2) is 0 Å². The summed E-state index contributed by atoms with van der Waals surface area (Å²) in [5, 5.41) is 0. The third-order valence-corrected chi connectivity index (χ3v) is 1.59. The summed E-state index contributed by atoms with van der Waals surface area (Å²) in [6.07, 6.45) is 3.36. The van der Waals surface area contributed by atoms with Crippen molar-refractivity contribution in [2.75, 3.05) is 6.61 Å². The van der Waals surface area contributed by atoms with Gasteiger partial charge in [-0.1, -0.05) is 19.8 Å². The van der Waals surface area contributed by atoms with Gasteiger partial charge in [-0.15, -0.1) is 0 Å². The van der Waals surface area contributed by atoms with Gasteiger partial charge in [-0.05, 0) is 19.3 Å². The Morgan fingerprint density at radius 1 is 1.14 bits per heavy atom. The molecule has 0 aliphatic rings. The number of ether oxygens (including phenoxy) is 1. The van der Waals surface area contributed by atoms with E-state index in [9.17, 15) is 9.59 Å². The molecule has 0 heterocycles. The highest BCUT2D eigenvalue weighted by Crippen LogP contribution is 1.98. The van der Waals surface area contributed by atoms with Gasteiger partial charge < -0.3 is 4.74 Å². The highest BCUT2D eigenvalue weighted by atomic mass is 16.5. The van der Waals surface area contributed by atoms with Gasteiger partial charge in [-0.2, -0.15) is 0 Å². The van der Waals surface area contributed by atoms with Crippen molar-refractivity contribution in [2.45, 2.75) is 39.5 Å². The van der Waals surface area contributed by atoms with Crippen LogP contribution in [0.4, 0.5) is 0 Å². The summed E-state index contributed by atoms with van der Waals surface area (Å²) in [6.45, 7) is 4.05. The number of carbonyl (C=O) groups is 2. The number of carbonyl (C=O) groups excluding carboxylic acids is 2. The van der Waals surface area contributed by atoms with Gasteiger partial charge >= 0.3 is 5.97 Å². The largest absolute Gasteiger partial charge is 0.456 e. The van der Waals surface area contributed by atoms with Gasteiger partial charge in [0.1, 0.15) is 0 Å². The van der Waals surface area contributed by atoms with Crippen LogP contribution in [0.15, 0.2) is 0 Å². The van der Waals surface area contributed by atoms with Crippen LogP contribution in [0.5, 0.6) is 0 Å². The molecule has 0 radical (unpaired) electrons. The fraction of sp³-hybridized carbons (Fsp3) is 0.636. The number of rotatable bonds is 5. The van der Waals surface area contributed by atoms with Crippen molar-refractivity contribution in [1.29, 1.82) is 0 Å². The molecule has 0 saturated heterocycles. The monoisotopic (exact) mass is 196 g/mol. The standard InChI is InChI=1S/C11H16O3/c1-3-5-6-7-10(12)8-9-11(13)14-4-2/h3-7H2,1-2H3. The Hall–Kier alpha value is -1.30. The zero-order chi connectivity index (χ0) is 10.8. The van der Waals surface area contributed by atoms with E-state index in [0.29, 0.717) is 6.42 Å². The normalized spacial score (nSPS) is 8.71. The minimum absolute atomic E-state index is 0.188. The van der Waals surface area contributed by atoms with Gasteiger partial charge in [-0.3, -0.25) is 4.79 Å². The molecule has 3 heteroatoms. The molecule has 0 N–H and O–H groups in total. The quantitative estimate of drug-likeness (QED) is 0.221. The molecule has 0 aromatic carbocycles. The first-order valence-electron chi connectivity index (χ1n) is 4.92. The third kappa shape index (κ3) is 7.35. The Morgan fingerprint density at radius 3 is 2.43 bits per heavy atom. The number of hydrogen-bond donors (Lipinski definition) is 0. The van der Waals surface area contributed by atoms with Crippen LogP contribution in [0.3, 0.4) is 0 Å². The average Bonchev–Trinajstić information content (AvgIpc) is 2.16. The van der Waals surface area contributed by atoms with Gasteiger partial charge in [-0.25, -0.2) is 4.79 Å². The average molecular weight is 196 g/mol. The summed E-state index contributed by atoms with van der Waals surface area (Å²) < 4.78 is 4.55. The topological polar surface area (TPSA) is 43.4 Å². The Morgan fingerprint density at radius 2 is 1.86 bits per heavy atom. The molecule has 0 unspecified atom stereocenters. The Labute approximate surface area is 84.8 Å². The fourth-order valence-corrected chi connectivity index (χ4v) is 0.886. The molecule has 0 spiro atoms. The molecular formula is C11H16O3. The lowest BCUT2D eigenvalue weighted by atomic mass is 10.1. The van der Waals surface area contributed by atoms with E-state index in [1.54, 1.807) is 6.92 Å². The zero-order valence-electron chi connectivity index (χ0n) is 8.76. The van der Waals surface area contributed by atoms with Crippen LogP contribution < -0.4 is 0 Å². The molecule has 0 aromatic heterocycles. The van der Waals surface area contributed by atoms with E-state index in [2.05, 4.69) is 23.5 Å². The summed E-state index contributed by atoms with van der Waals surface area (Å²) in [5.41, 5.74) is 0. The second kappa shape index (κ2) is 8.31. The Balaban J connectivity index is 3.74. The number of Topliss-reactive ketones (excluding diaryl/α,β-unsaturated/α-hetero) is 1. The van der Waals surface area contributed by atoms with Crippen molar-refractivity contribution in [3.05, 3.63) is 0 Å². The molecule has 0 aliphatic carbocycles. The molecule has 0 fully saturated rings. The maximum Gasteiger partial charge on any atom is 0.384 e. The number of unbranched alkanes of at least 4 members (excludes halogenated alkanes) is 2. The van der Waals surface area contributed by atoms with Crippen LogP contribution in [0.25, 0.3) is 0 Å². The van der Waals surface area contributed by atoms with Gasteiger partial charge in [0, 0.05) is 12.3 Å². The van der Waals surface area contributed by atoms with Crippen molar-refractivity contribution >= 4 is 11.8 Å². The predicted octanol–water partition coefficient (Wildman–Crippen LogP) is 1.70. The highest BCUT2D eigenvalue weighted by Gasteiger charge is 1.98. The van der Waals surface area contributed by atoms with Crippen molar-refractivity contribution in [3.63, 3.8) is 0 Å². The molecule has 0 rings (SSSR count). The number of esters is 1. The highest BCUT2D eigenvalue weighted by molar-refractivity contribution is 6.01. The van der Waals surface area contributed by atoms with Crippen molar-refractivity contribution in [2.24, 2.45) is 0 Å². The first-order chi connectivity index (χ1) is 6.70. The van der Waals surface area contributed by atoms with Crippen LogP contribution >= 0.6 is 0 Å². The maximum atomic E-state index is 11.0. The third-order valence-electron chi connectivity index (χ3n) is 1.59. The van der Waals surface area contributed by atoms with Crippen LogP contribution in [0, 0.1) is 11.8 Å². The second-order valence-corrected chi connectivity index (χ2v) is 2.85. The van der Waals surface area contributed by atoms with Crippen LogP contribution in [-0.4, -0.2) is 18.4 Å². The molecule has 0 atom stereocenters. The lowest BCUT2D eigenvalue weighted by Crippen LogP contribution is -2.01.